The quantitative estimate of drug-likeness (QED) is 0.686. The van der Waals surface area contributed by atoms with Gasteiger partial charge in [-0.25, -0.2) is 0 Å². The molecular formula is C11H13NO2. The molecule has 3 nitrogen and oxygen atoms in total. The molecule has 0 atom stereocenters. The van der Waals surface area contributed by atoms with Gasteiger partial charge in [-0.1, -0.05) is 0 Å². The molecule has 0 aromatic heterocycles. The third-order valence-corrected chi connectivity index (χ3v) is 2.70. The minimum Gasteiger partial charge on any atom is -0.507 e. The van der Waals surface area contributed by atoms with Gasteiger partial charge in [0.05, 0.1) is 12.1 Å². The second-order valence-corrected chi connectivity index (χ2v) is 3.62. The Morgan fingerprint density at radius 3 is 2.64 bits per heavy atom. The van der Waals surface area contributed by atoms with Crippen LogP contribution in [0.25, 0.3) is 0 Å². The number of phenolic OH excluding ortho intramolecular Hbond substituents is 1. The first-order chi connectivity index (χ1) is 6.72. The Balaban J connectivity index is 2.47. The summed E-state index contributed by atoms with van der Waals surface area (Å²) in [5.41, 5.74) is 7.97. The van der Waals surface area contributed by atoms with Crippen LogP contribution >= 0.6 is 0 Å². The molecule has 1 aromatic carbocycles. The Bertz CT molecular complexity index is 385. The summed E-state index contributed by atoms with van der Waals surface area (Å²) in [7, 11) is 0. The summed E-state index contributed by atoms with van der Waals surface area (Å²) in [6.07, 6.45) is 3.11. The summed E-state index contributed by atoms with van der Waals surface area (Å²) in [5.74, 6) is -0.127. The number of phenols is 1. The molecular weight excluding hydrogens is 178 g/mol. The van der Waals surface area contributed by atoms with Gasteiger partial charge in [-0.05, 0) is 42.5 Å². The Morgan fingerprint density at radius 2 is 2.00 bits per heavy atom. The maximum atomic E-state index is 11.3. The van der Waals surface area contributed by atoms with Crippen molar-refractivity contribution in [3.8, 4) is 5.75 Å². The average Bonchev–Trinajstić information content (AvgIpc) is 2.62. The first kappa shape index (κ1) is 9.21. The molecule has 0 saturated heterocycles. The summed E-state index contributed by atoms with van der Waals surface area (Å²) < 4.78 is 0. The second kappa shape index (κ2) is 3.42. The van der Waals surface area contributed by atoms with Crippen LogP contribution in [0.2, 0.25) is 0 Å². The maximum Gasteiger partial charge on any atom is 0.180 e. The molecule has 0 spiro atoms. The van der Waals surface area contributed by atoms with Crippen LogP contribution in [0.5, 0.6) is 5.75 Å². The standard InChI is InChI=1S/C11H13NO2/c12-6-11(14)9-4-7-2-1-3-8(7)5-10(9)13/h4-5,13H,1-3,6,12H2. The van der Waals surface area contributed by atoms with Crippen molar-refractivity contribution in [2.45, 2.75) is 19.3 Å². The fourth-order valence-corrected chi connectivity index (χ4v) is 1.94. The van der Waals surface area contributed by atoms with Crippen molar-refractivity contribution < 1.29 is 9.90 Å². The zero-order chi connectivity index (χ0) is 10.1. The van der Waals surface area contributed by atoms with Crippen molar-refractivity contribution >= 4 is 5.78 Å². The largest absolute Gasteiger partial charge is 0.507 e. The predicted octanol–water partition coefficient (Wildman–Crippen LogP) is 1.02. The van der Waals surface area contributed by atoms with E-state index < -0.39 is 0 Å². The van der Waals surface area contributed by atoms with Gasteiger partial charge in [0, 0.05) is 0 Å². The van der Waals surface area contributed by atoms with E-state index in [9.17, 15) is 9.90 Å². The zero-order valence-corrected chi connectivity index (χ0v) is 7.92. The van der Waals surface area contributed by atoms with E-state index in [0.29, 0.717) is 5.56 Å². The van der Waals surface area contributed by atoms with Gasteiger partial charge < -0.3 is 10.8 Å². The van der Waals surface area contributed by atoms with Crippen molar-refractivity contribution in [2.75, 3.05) is 6.54 Å². The minimum atomic E-state index is -0.197. The molecule has 1 aliphatic carbocycles. The number of aromatic hydroxyl groups is 1. The third-order valence-electron chi connectivity index (χ3n) is 2.70. The monoisotopic (exact) mass is 191 g/mol. The molecule has 3 heteroatoms. The molecule has 1 aromatic rings. The smallest absolute Gasteiger partial charge is 0.180 e. The van der Waals surface area contributed by atoms with Crippen LogP contribution < -0.4 is 5.73 Å². The Hall–Kier alpha value is -1.35. The Kier molecular flexibility index (Phi) is 2.25. The highest BCUT2D eigenvalue weighted by atomic mass is 16.3. The fraction of sp³-hybridized carbons (Fsp3) is 0.364. The molecule has 0 unspecified atom stereocenters. The lowest BCUT2D eigenvalue weighted by molar-refractivity contribution is 0.0999. The molecule has 3 N–H and O–H groups in total. The molecule has 0 radical (unpaired) electrons. The van der Waals surface area contributed by atoms with Crippen LogP contribution in [0.4, 0.5) is 0 Å². The van der Waals surface area contributed by atoms with Crippen molar-refractivity contribution in [1.29, 1.82) is 0 Å². The lowest BCUT2D eigenvalue weighted by Gasteiger charge is -2.05. The first-order valence-electron chi connectivity index (χ1n) is 4.80. The van der Waals surface area contributed by atoms with Crippen molar-refractivity contribution in [3.63, 3.8) is 0 Å². The molecule has 0 aliphatic heterocycles. The van der Waals surface area contributed by atoms with Gasteiger partial charge in [0.25, 0.3) is 0 Å². The number of hydrogen-bond acceptors (Lipinski definition) is 3. The van der Waals surface area contributed by atoms with Gasteiger partial charge in [0.15, 0.2) is 5.78 Å². The van der Waals surface area contributed by atoms with Gasteiger partial charge >= 0.3 is 0 Å². The topological polar surface area (TPSA) is 63.3 Å². The van der Waals surface area contributed by atoms with Crippen molar-refractivity contribution in [1.82, 2.24) is 0 Å². The van der Waals surface area contributed by atoms with Crippen LogP contribution in [0, 0.1) is 0 Å². The number of aryl methyl sites for hydroxylation is 2. The number of nitrogens with two attached hydrogens (primary N) is 1. The predicted molar refractivity (Wildman–Crippen MR) is 53.5 cm³/mol. The number of Topliss-reactive ketones (excluding diaryl/α,β-unsaturated/α-hetero) is 1. The number of benzene rings is 1. The van der Waals surface area contributed by atoms with Crippen molar-refractivity contribution in [2.24, 2.45) is 5.73 Å². The van der Waals surface area contributed by atoms with Gasteiger partial charge in [0.2, 0.25) is 0 Å². The van der Waals surface area contributed by atoms with Crippen molar-refractivity contribution in [3.05, 3.63) is 28.8 Å². The third kappa shape index (κ3) is 1.40. The lowest BCUT2D eigenvalue weighted by Crippen LogP contribution is -2.14. The fourth-order valence-electron chi connectivity index (χ4n) is 1.94. The molecule has 74 valence electrons. The van der Waals surface area contributed by atoms with E-state index in [0.717, 1.165) is 24.8 Å². The number of hydrogen-bond donors (Lipinski definition) is 2. The van der Waals surface area contributed by atoms with E-state index >= 15 is 0 Å². The van der Waals surface area contributed by atoms with E-state index in [1.165, 1.54) is 5.56 Å². The normalized spacial score (nSPS) is 14.1. The Labute approximate surface area is 82.5 Å². The van der Waals surface area contributed by atoms with Crippen LogP contribution in [0.1, 0.15) is 27.9 Å². The number of ketones is 1. The highest BCUT2D eigenvalue weighted by Crippen LogP contribution is 2.29. The number of rotatable bonds is 2. The van der Waals surface area contributed by atoms with E-state index in [4.69, 9.17) is 5.73 Å². The molecule has 0 fully saturated rings. The molecule has 0 bridgehead atoms. The Morgan fingerprint density at radius 1 is 1.36 bits per heavy atom. The summed E-state index contributed by atoms with van der Waals surface area (Å²) in [6, 6.07) is 3.48. The zero-order valence-electron chi connectivity index (χ0n) is 7.92. The summed E-state index contributed by atoms with van der Waals surface area (Å²) in [4.78, 5) is 11.3. The van der Waals surface area contributed by atoms with Gasteiger partial charge in [0.1, 0.15) is 5.75 Å². The average molecular weight is 191 g/mol. The van der Waals surface area contributed by atoms with Crippen LogP contribution in [-0.2, 0) is 12.8 Å². The van der Waals surface area contributed by atoms with E-state index in [1.54, 1.807) is 12.1 Å². The van der Waals surface area contributed by atoms with E-state index in [1.807, 2.05) is 0 Å². The highest BCUT2D eigenvalue weighted by Gasteiger charge is 2.17. The van der Waals surface area contributed by atoms with Gasteiger partial charge in [-0.2, -0.15) is 0 Å². The summed E-state index contributed by atoms with van der Waals surface area (Å²) >= 11 is 0. The molecule has 1 aliphatic rings. The number of carbonyl (C=O) groups is 1. The first-order valence-corrected chi connectivity index (χ1v) is 4.80. The van der Waals surface area contributed by atoms with Gasteiger partial charge in [-0.3, -0.25) is 4.79 Å². The lowest BCUT2D eigenvalue weighted by atomic mass is 10.0. The second-order valence-electron chi connectivity index (χ2n) is 3.62. The molecule has 0 heterocycles. The molecule has 0 saturated carbocycles. The maximum absolute atomic E-state index is 11.3. The van der Waals surface area contributed by atoms with Crippen LogP contribution in [-0.4, -0.2) is 17.4 Å². The summed E-state index contributed by atoms with van der Waals surface area (Å²) in [5, 5.41) is 9.60. The molecule has 14 heavy (non-hydrogen) atoms. The minimum absolute atomic E-state index is 0.0493. The summed E-state index contributed by atoms with van der Waals surface area (Å²) in [6.45, 7) is -0.0493. The highest BCUT2D eigenvalue weighted by molar-refractivity contribution is 6.00. The van der Waals surface area contributed by atoms with E-state index in [-0.39, 0.29) is 18.1 Å². The van der Waals surface area contributed by atoms with Crippen LogP contribution in [0.3, 0.4) is 0 Å². The van der Waals surface area contributed by atoms with Crippen LogP contribution in [0.15, 0.2) is 12.1 Å². The van der Waals surface area contributed by atoms with E-state index in [2.05, 4.69) is 0 Å². The molecule has 2 rings (SSSR count). The molecule has 0 amide bonds. The number of carbonyl (C=O) groups excluding carboxylic acids is 1. The van der Waals surface area contributed by atoms with Gasteiger partial charge in [-0.15, -0.1) is 0 Å². The number of fused-ring (bicyclic) bond motifs is 1. The SMILES string of the molecule is NCC(=O)c1cc2c(cc1O)CCC2.